The molecule has 3 heteroatoms. The molecule has 0 aromatic heterocycles. The molecular formula is C25H50NO2+. The Morgan fingerprint density at radius 2 is 1.25 bits per heavy atom. The highest BCUT2D eigenvalue weighted by atomic mass is 16.4. The summed E-state index contributed by atoms with van der Waals surface area (Å²) < 4.78 is 0.630. The Bertz CT molecular complexity index is 415. The minimum absolute atomic E-state index is 0.325. The molecule has 0 aliphatic heterocycles. The lowest BCUT2D eigenvalue weighted by Crippen LogP contribution is -2.66. The fourth-order valence-corrected chi connectivity index (χ4v) is 5.17. The molecule has 3 nitrogen and oxygen atoms in total. The Labute approximate surface area is 175 Å². The van der Waals surface area contributed by atoms with E-state index in [2.05, 4.69) is 21.0 Å². The van der Waals surface area contributed by atoms with E-state index >= 15 is 0 Å². The molecular weight excluding hydrogens is 346 g/mol. The van der Waals surface area contributed by atoms with E-state index < -0.39 is 11.5 Å². The first-order valence-corrected chi connectivity index (χ1v) is 12.4. The second-order valence-electron chi connectivity index (χ2n) is 10.1. The van der Waals surface area contributed by atoms with Crippen LogP contribution >= 0.6 is 0 Å². The van der Waals surface area contributed by atoms with Gasteiger partial charge in [-0.1, -0.05) is 90.4 Å². The zero-order chi connectivity index (χ0) is 20.9. The topological polar surface area (TPSA) is 37.3 Å². The minimum atomic E-state index is -0.641. The summed E-state index contributed by atoms with van der Waals surface area (Å²) in [6.45, 7) is 5.28. The third-order valence-corrected chi connectivity index (χ3v) is 7.66. The van der Waals surface area contributed by atoms with Gasteiger partial charge in [0.15, 0.2) is 5.54 Å². The Hall–Kier alpha value is -0.570. The van der Waals surface area contributed by atoms with E-state index in [1.165, 1.54) is 89.9 Å². The molecule has 1 aliphatic rings. The summed E-state index contributed by atoms with van der Waals surface area (Å²) in [5, 5.41) is 10.1. The molecule has 1 fully saturated rings. The van der Waals surface area contributed by atoms with E-state index in [0.29, 0.717) is 10.4 Å². The minimum Gasteiger partial charge on any atom is -0.477 e. The summed E-state index contributed by atoms with van der Waals surface area (Å²) in [7, 11) is 4.31. The predicted molar refractivity (Wildman–Crippen MR) is 121 cm³/mol. The normalized spacial score (nSPS) is 18.1. The van der Waals surface area contributed by atoms with Crippen LogP contribution in [0.15, 0.2) is 0 Å². The molecule has 0 spiro atoms. The third kappa shape index (κ3) is 8.05. The highest BCUT2D eigenvalue weighted by molar-refractivity contribution is 5.77. The highest BCUT2D eigenvalue weighted by Gasteiger charge is 2.53. The smallest absolute Gasteiger partial charge is 0.365 e. The van der Waals surface area contributed by atoms with Crippen LogP contribution in [0.2, 0.25) is 0 Å². The van der Waals surface area contributed by atoms with Crippen molar-refractivity contribution in [2.75, 3.05) is 20.6 Å². The molecule has 166 valence electrons. The van der Waals surface area contributed by atoms with Crippen molar-refractivity contribution in [2.45, 2.75) is 129 Å². The van der Waals surface area contributed by atoms with Crippen LogP contribution in [-0.2, 0) is 4.79 Å². The number of rotatable bonds is 16. The monoisotopic (exact) mass is 396 g/mol. The van der Waals surface area contributed by atoms with Crippen molar-refractivity contribution in [3.63, 3.8) is 0 Å². The fourth-order valence-electron chi connectivity index (χ4n) is 5.17. The zero-order valence-electron chi connectivity index (χ0n) is 19.6. The number of aliphatic carboxylic acids is 1. The Morgan fingerprint density at radius 1 is 0.821 bits per heavy atom. The van der Waals surface area contributed by atoms with Crippen molar-refractivity contribution < 1.29 is 14.4 Å². The molecule has 1 atom stereocenters. The van der Waals surface area contributed by atoms with Gasteiger partial charge in [0.05, 0.1) is 20.6 Å². The Balaban J connectivity index is 2.22. The molecule has 0 bridgehead atoms. The van der Waals surface area contributed by atoms with E-state index in [-0.39, 0.29) is 0 Å². The summed E-state index contributed by atoms with van der Waals surface area (Å²) in [5.74, 6) is -0.269. The molecule has 1 saturated carbocycles. The molecule has 0 aromatic carbocycles. The van der Waals surface area contributed by atoms with Gasteiger partial charge >= 0.3 is 5.97 Å². The highest BCUT2D eigenvalue weighted by Crippen LogP contribution is 2.39. The molecule has 0 radical (unpaired) electrons. The number of quaternary nitrogens is 1. The quantitative estimate of drug-likeness (QED) is 0.221. The van der Waals surface area contributed by atoms with Crippen LogP contribution in [0.3, 0.4) is 0 Å². The molecule has 0 amide bonds. The van der Waals surface area contributed by atoms with E-state index in [1.807, 2.05) is 6.92 Å². The summed E-state index contributed by atoms with van der Waals surface area (Å²) in [6.07, 6.45) is 22.1. The maximum atomic E-state index is 12.3. The summed E-state index contributed by atoms with van der Waals surface area (Å²) in [6, 6.07) is 0. The third-order valence-electron chi connectivity index (χ3n) is 7.66. The van der Waals surface area contributed by atoms with Gasteiger partial charge in [0.2, 0.25) is 0 Å². The summed E-state index contributed by atoms with van der Waals surface area (Å²) >= 11 is 0. The van der Waals surface area contributed by atoms with Gasteiger partial charge in [-0.15, -0.1) is 0 Å². The van der Waals surface area contributed by atoms with Crippen LogP contribution in [0.1, 0.15) is 123 Å². The van der Waals surface area contributed by atoms with Gasteiger partial charge in [-0.2, -0.15) is 0 Å². The summed E-state index contributed by atoms with van der Waals surface area (Å²) in [4.78, 5) is 12.3. The Morgan fingerprint density at radius 3 is 1.68 bits per heavy atom. The number of nitrogens with zero attached hydrogens (tertiary/aromatic N) is 1. The van der Waals surface area contributed by atoms with Crippen molar-refractivity contribution in [1.82, 2.24) is 0 Å². The van der Waals surface area contributed by atoms with Crippen molar-refractivity contribution in [1.29, 1.82) is 0 Å². The van der Waals surface area contributed by atoms with Gasteiger partial charge in [0.25, 0.3) is 0 Å². The van der Waals surface area contributed by atoms with E-state index in [9.17, 15) is 9.90 Å². The van der Waals surface area contributed by atoms with Gasteiger partial charge in [-0.3, -0.25) is 0 Å². The number of carbonyl (C=O) groups is 1. The molecule has 1 aliphatic carbocycles. The van der Waals surface area contributed by atoms with Crippen LogP contribution in [0.25, 0.3) is 0 Å². The van der Waals surface area contributed by atoms with Crippen LogP contribution in [0.4, 0.5) is 0 Å². The maximum Gasteiger partial charge on any atom is 0.365 e. The van der Waals surface area contributed by atoms with Crippen LogP contribution < -0.4 is 0 Å². The van der Waals surface area contributed by atoms with Crippen LogP contribution in [0, 0.1) is 5.92 Å². The molecule has 28 heavy (non-hydrogen) atoms. The molecule has 0 heterocycles. The van der Waals surface area contributed by atoms with Gasteiger partial charge in [0, 0.05) is 12.8 Å². The maximum absolute atomic E-state index is 12.3. The average Bonchev–Trinajstić information content (AvgIpc) is 2.68. The van der Waals surface area contributed by atoms with Gasteiger partial charge in [-0.25, -0.2) is 4.79 Å². The van der Waals surface area contributed by atoms with Gasteiger partial charge in [0.1, 0.15) is 0 Å². The van der Waals surface area contributed by atoms with Crippen LogP contribution in [-0.4, -0.2) is 41.7 Å². The molecule has 0 saturated heterocycles. The van der Waals surface area contributed by atoms with Gasteiger partial charge < -0.3 is 9.59 Å². The lowest BCUT2D eigenvalue weighted by Gasteiger charge is -2.49. The second-order valence-corrected chi connectivity index (χ2v) is 10.1. The first-order chi connectivity index (χ1) is 13.4. The first kappa shape index (κ1) is 25.5. The predicted octanol–water partition coefficient (Wildman–Crippen LogP) is 7.19. The van der Waals surface area contributed by atoms with Crippen molar-refractivity contribution in [2.24, 2.45) is 5.92 Å². The zero-order valence-corrected chi connectivity index (χ0v) is 19.6. The number of hydrogen-bond acceptors (Lipinski definition) is 1. The standard InChI is InChI=1S/C25H49NO2/c1-5-6-7-8-9-10-11-12-13-14-15-19-22-26(3,4)25(2,24(27)28)23-20-17-16-18-21-23/h23H,5-22H2,1-4H3/p+1. The number of carboxylic acid groups (broad SMARTS) is 1. The van der Waals surface area contributed by atoms with Crippen molar-refractivity contribution >= 4 is 5.97 Å². The SMILES string of the molecule is CCCCCCCCCCCCCC[N+](C)(C)C(C)(C(=O)O)C1CCCCC1. The van der Waals surface area contributed by atoms with E-state index in [1.54, 1.807) is 0 Å². The van der Waals surface area contributed by atoms with Crippen molar-refractivity contribution in [3.05, 3.63) is 0 Å². The van der Waals surface area contributed by atoms with E-state index in [4.69, 9.17) is 0 Å². The molecule has 1 rings (SSSR count). The van der Waals surface area contributed by atoms with Gasteiger partial charge in [-0.05, 0) is 25.7 Å². The fraction of sp³-hybridized carbons (Fsp3) is 0.960. The number of unbranched alkanes of at least 4 members (excludes halogenated alkanes) is 11. The number of carboxylic acids is 1. The van der Waals surface area contributed by atoms with E-state index in [0.717, 1.165) is 25.8 Å². The lowest BCUT2D eigenvalue weighted by molar-refractivity contribution is -0.935. The molecule has 0 aromatic rings. The number of hydrogen-bond donors (Lipinski definition) is 1. The average molecular weight is 397 g/mol. The van der Waals surface area contributed by atoms with Crippen molar-refractivity contribution in [3.8, 4) is 0 Å². The summed E-state index contributed by atoms with van der Waals surface area (Å²) in [5.41, 5.74) is -0.641. The second kappa shape index (κ2) is 13.6. The largest absolute Gasteiger partial charge is 0.477 e. The Kier molecular flexibility index (Phi) is 12.4. The molecule has 1 N–H and O–H groups in total. The number of likely N-dealkylation sites (N-methyl/N-ethyl adjacent to an activating group) is 1. The first-order valence-electron chi connectivity index (χ1n) is 12.4. The lowest BCUT2D eigenvalue weighted by atomic mass is 9.73. The molecule has 1 unspecified atom stereocenters. The van der Waals surface area contributed by atoms with Crippen LogP contribution in [0.5, 0.6) is 0 Å².